The van der Waals surface area contributed by atoms with Crippen LogP contribution in [0.1, 0.15) is 12.5 Å². The first-order chi connectivity index (χ1) is 11.3. The lowest BCUT2D eigenvalue weighted by molar-refractivity contribution is -0.907. The molecule has 0 saturated carbocycles. The van der Waals surface area contributed by atoms with E-state index in [4.69, 9.17) is 5.14 Å². The van der Waals surface area contributed by atoms with Crippen molar-refractivity contribution in [2.24, 2.45) is 5.14 Å². The molecule has 0 fully saturated rings. The minimum Gasteiger partial charge on any atom is -0.324 e. The van der Waals surface area contributed by atoms with E-state index in [1.807, 2.05) is 44.3 Å². The van der Waals surface area contributed by atoms with Crippen LogP contribution in [-0.4, -0.2) is 27.4 Å². The zero-order valence-corrected chi connectivity index (χ0v) is 14.5. The summed E-state index contributed by atoms with van der Waals surface area (Å²) in [4.78, 5) is 13.4. The first kappa shape index (κ1) is 18.1. The normalized spacial score (nSPS) is 14.0. The number of rotatable bonds is 6. The Kier molecular flexibility index (Phi) is 5.71. The summed E-state index contributed by atoms with van der Waals surface area (Å²) in [5, 5.41) is 7.85. The highest BCUT2D eigenvalue weighted by Gasteiger charge is 2.22. The molecule has 0 aromatic heterocycles. The minimum absolute atomic E-state index is 0.0297. The first-order valence-corrected chi connectivity index (χ1v) is 9.12. The fourth-order valence-corrected chi connectivity index (χ4v) is 2.86. The van der Waals surface area contributed by atoms with E-state index in [0.717, 1.165) is 10.5 Å². The summed E-state index contributed by atoms with van der Waals surface area (Å²) in [6.45, 7) is 2.55. The third kappa shape index (κ3) is 4.89. The van der Waals surface area contributed by atoms with Gasteiger partial charge in [-0.15, -0.1) is 0 Å². The van der Waals surface area contributed by atoms with Crippen molar-refractivity contribution in [3.63, 3.8) is 0 Å². The number of nitrogens with one attached hydrogen (secondary N) is 2. The van der Waals surface area contributed by atoms with Crippen molar-refractivity contribution in [3.8, 4) is 0 Å². The average Bonchev–Trinajstić information content (AvgIpc) is 2.54. The van der Waals surface area contributed by atoms with Gasteiger partial charge in [0.2, 0.25) is 10.0 Å². The van der Waals surface area contributed by atoms with Gasteiger partial charge in [0.1, 0.15) is 6.54 Å². The summed E-state index contributed by atoms with van der Waals surface area (Å²) >= 11 is 0. The van der Waals surface area contributed by atoms with Crippen molar-refractivity contribution < 1.29 is 18.1 Å². The van der Waals surface area contributed by atoms with Crippen LogP contribution in [0.25, 0.3) is 0 Å². The fourth-order valence-electron chi connectivity index (χ4n) is 2.30. The highest BCUT2D eigenvalue weighted by Crippen LogP contribution is 2.14. The molecular weight excluding hydrogens is 326 g/mol. The van der Waals surface area contributed by atoms with Crippen LogP contribution in [0.5, 0.6) is 0 Å². The number of likely N-dealkylation sites (N-methyl/N-ethyl adjacent to an activating group) is 1. The van der Waals surface area contributed by atoms with Crippen LogP contribution in [0.2, 0.25) is 0 Å². The van der Waals surface area contributed by atoms with Crippen LogP contribution < -0.4 is 15.4 Å². The molecule has 6 nitrogen and oxygen atoms in total. The Morgan fingerprint density at radius 1 is 1.17 bits per heavy atom. The molecule has 7 heteroatoms. The summed E-state index contributed by atoms with van der Waals surface area (Å²) in [6.07, 6.45) is 0. The third-order valence-electron chi connectivity index (χ3n) is 3.89. The van der Waals surface area contributed by atoms with Gasteiger partial charge >= 0.3 is 0 Å². The minimum atomic E-state index is -3.79. The van der Waals surface area contributed by atoms with Gasteiger partial charge in [0.05, 0.1) is 11.9 Å². The predicted molar refractivity (Wildman–Crippen MR) is 92.9 cm³/mol. The van der Waals surface area contributed by atoms with Gasteiger partial charge in [-0.2, -0.15) is 0 Å². The van der Waals surface area contributed by atoms with Crippen molar-refractivity contribution in [3.05, 3.63) is 60.2 Å². The van der Waals surface area contributed by atoms with Crippen molar-refractivity contribution in [2.75, 3.05) is 12.4 Å². The molecule has 2 aromatic carbocycles. The second kappa shape index (κ2) is 7.57. The molecule has 0 aliphatic rings. The lowest BCUT2D eigenvalue weighted by atomic mass is 10.2. The van der Waals surface area contributed by atoms with Gasteiger partial charge in [-0.1, -0.05) is 36.4 Å². The second-order valence-electron chi connectivity index (χ2n) is 5.79. The third-order valence-corrected chi connectivity index (χ3v) is 4.80. The largest absolute Gasteiger partial charge is 0.324 e. The number of benzene rings is 2. The van der Waals surface area contributed by atoms with Gasteiger partial charge in [-0.3, -0.25) is 4.79 Å². The Balaban J connectivity index is 2.03. The van der Waals surface area contributed by atoms with Gasteiger partial charge in [-0.25, -0.2) is 13.6 Å². The number of nitrogens with two attached hydrogens (primary N) is 1. The highest BCUT2D eigenvalue weighted by molar-refractivity contribution is 7.89. The Morgan fingerprint density at radius 3 is 2.46 bits per heavy atom. The SMILES string of the molecule is C[C@@H](C(=O)Nc1cccc(S(N)(=O)=O)c1)[NH+](C)Cc1ccccc1. The summed E-state index contributed by atoms with van der Waals surface area (Å²) in [7, 11) is -1.85. The quantitative estimate of drug-likeness (QED) is 0.704. The monoisotopic (exact) mass is 348 g/mol. The van der Waals surface area contributed by atoms with Crippen LogP contribution in [0.15, 0.2) is 59.5 Å². The van der Waals surface area contributed by atoms with Crippen LogP contribution in [0.3, 0.4) is 0 Å². The van der Waals surface area contributed by atoms with E-state index in [9.17, 15) is 13.2 Å². The van der Waals surface area contributed by atoms with Crippen molar-refractivity contribution >= 4 is 21.6 Å². The molecular formula is C17H22N3O3S+. The molecule has 128 valence electrons. The maximum atomic E-state index is 12.4. The summed E-state index contributed by atoms with van der Waals surface area (Å²) in [5.74, 6) is -0.185. The van der Waals surface area contributed by atoms with Gasteiger partial charge in [0, 0.05) is 11.3 Å². The number of anilines is 1. The topological polar surface area (TPSA) is 93.7 Å². The lowest BCUT2D eigenvalue weighted by Gasteiger charge is -2.21. The van der Waals surface area contributed by atoms with Gasteiger partial charge in [0.15, 0.2) is 6.04 Å². The lowest BCUT2D eigenvalue weighted by Crippen LogP contribution is -3.12. The van der Waals surface area contributed by atoms with E-state index >= 15 is 0 Å². The molecule has 24 heavy (non-hydrogen) atoms. The van der Waals surface area contributed by atoms with E-state index in [1.165, 1.54) is 12.1 Å². The van der Waals surface area contributed by atoms with E-state index in [0.29, 0.717) is 12.2 Å². The highest BCUT2D eigenvalue weighted by atomic mass is 32.2. The number of amides is 1. The predicted octanol–water partition coefficient (Wildman–Crippen LogP) is 0.376. The van der Waals surface area contributed by atoms with E-state index in [-0.39, 0.29) is 16.8 Å². The number of sulfonamides is 1. The summed E-state index contributed by atoms with van der Waals surface area (Å²) < 4.78 is 22.8. The zero-order chi connectivity index (χ0) is 17.7. The van der Waals surface area contributed by atoms with E-state index < -0.39 is 10.0 Å². The molecule has 0 heterocycles. The smallest absolute Gasteiger partial charge is 0.282 e. The Bertz CT molecular complexity index is 807. The molecule has 0 saturated heterocycles. The Hall–Kier alpha value is -2.22. The van der Waals surface area contributed by atoms with Gasteiger partial charge in [-0.05, 0) is 25.1 Å². The standard InChI is InChI=1S/C17H21N3O3S/c1-13(20(2)12-14-7-4-3-5-8-14)17(21)19-15-9-6-10-16(11-15)24(18,22)23/h3-11,13H,12H2,1-2H3,(H,19,21)(H2,18,22,23)/p+1/t13-/m0/s1. The van der Waals surface area contributed by atoms with Crippen LogP contribution >= 0.6 is 0 Å². The average molecular weight is 348 g/mol. The molecule has 1 amide bonds. The second-order valence-corrected chi connectivity index (χ2v) is 7.35. The maximum absolute atomic E-state index is 12.4. The molecule has 1 unspecified atom stereocenters. The molecule has 2 aromatic rings. The number of primary sulfonamides is 1. The number of hydrogen-bond donors (Lipinski definition) is 3. The molecule has 0 spiro atoms. The number of quaternary nitrogens is 1. The van der Waals surface area contributed by atoms with E-state index in [2.05, 4.69) is 5.32 Å². The molecule has 0 aliphatic carbocycles. The first-order valence-electron chi connectivity index (χ1n) is 7.57. The number of carbonyl (C=O) groups excluding carboxylic acids is 1. The van der Waals surface area contributed by atoms with Crippen molar-refractivity contribution in [1.82, 2.24) is 0 Å². The van der Waals surface area contributed by atoms with Gasteiger partial charge in [0.25, 0.3) is 5.91 Å². The van der Waals surface area contributed by atoms with Gasteiger partial charge < -0.3 is 10.2 Å². The summed E-state index contributed by atoms with van der Waals surface area (Å²) in [5.41, 5.74) is 1.55. The molecule has 4 N–H and O–H groups in total. The summed E-state index contributed by atoms with van der Waals surface area (Å²) in [6, 6.07) is 15.5. The molecule has 2 atom stereocenters. The van der Waals surface area contributed by atoms with Crippen molar-refractivity contribution in [2.45, 2.75) is 24.4 Å². The van der Waals surface area contributed by atoms with Crippen molar-refractivity contribution in [1.29, 1.82) is 0 Å². The molecule has 0 radical (unpaired) electrons. The molecule has 0 aliphatic heterocycles. The van der Waals surface area contributed by atoms with E-state index in [1.54, 1.807) is 12.1 Å². The maximum Gasteiger partial charge on any atom is 0.282 e. The number of hydrogen-bond acceptors (Lipinski definition) is 3. The Labute approximate surface area is 142 Å². The molecule has 0 bridgehead atoms. The van der Waals surface area contributed by atoms with Crippen LogP contribution in [0, 0.1) is 0 Å². The van der Waals surface area contributed by atoms with Crippen LogP contribution in [0.4, 0.5) is 5.69 Å². The van der Waals surface area contributed by atoms with Crippen LogP contribution in [-0.2, 0) is 21.4 Å². The molecule has 2 rings (SSSR count). The Morgan fingerprint density at radius 2 is 1.83 bits per heavy atom. The zero-order valence-electron chi connectivity index (χ0n) is 13.7. The fraction of sp³-hybridized carbons (Fsp3) is 0.235. The number of carbonyl (C=O) groups is 1.